The third kappa shape index (κ3) is 18.6. The summed E-state index contributed by atoms with van der Waals surface area (Å²) in [5, 5.41) is 76.3. The Balaban J connectivity index is 0.000000134. The second kappa shape index (κ2) is 36.0. The van der Waals surface area contributed by atoms with Gasteiger partial charge in [-0.25, -0.2) is 49.7 Å². The maximum Gasteiger partial charge on any atom is 0.303 e. The van der Waals surface area contributed by atoms with Gasteiger partial charge in [-0.2, -0.15) is 48.1 Å². The number of benzene rings is 4. The van der Waals surface area contributed by atoms with E-state index in [-0.39, 0.29) is 67.4 Å². The highest BCUT2D eigenvalue weighted by Crippen LogP contribution is 2.38. The number of para-hydroxylation sites is 4. The molecule has 12 aromatic heterocycles. The third-order valence-electron chi connectivity index (χ3n) is 15.1. The fourth-order valence-corrected chi connectivity index (χ4v) is 11.8. The lowest BCUT2D eigenvalue weighted by Gasteiger charge is -2.16. The molecule has 0 aliphatic heterocycles. The van der Waals surface area contributed by atoms with E-state index in [1.165, 1.54) is 72.1 Å². The van der Waals surface area contributed by atoms with Gasteiger partial charge in [-0.15, -0.1) is 56.2 Å². The van der Waals surface area contributed by atoms with Crippen LogP contribution in [0.3, 0.4) is 0 Å². The van der Waals surface area contributed by atoms with Gasteiger partial charge < -0.3 is 14.5 Å². The fraction of sp³-hybridized carbons (Fsp3) is 0.129. The van der Waals surface area contributed by atoms with Crippen molar-refractivity contribution in [2.75, 3.05) is 6.26 Å². The number of aromatic nitrogens is 23. The highest BCUT2D eigenvalue weighted by atomic mass is 35.5. The fourth-order valence-electron chi connectivity index (χ4n) is 9.94. The first kappa shape index (κ1) is 79.3. The first-order valence-corrected chi connectivity index (χ1v) is 36.8. The summed E-state index contributed by atoms with van der Waals surface area (Å²) in [4.78, 5) is 75.4. The lowest BCUT2D eigenvalue weighted by Crippen LogP contribution is -2.13. The number of nitrogens with one attached hydrogen (secondary N) is 5. The molecule has 12 heterocycles. The van der Waals surface area contributed by atoms with Crippen molar-refractivity contribution in [3.05, 3.63) is 274 Å². The monoisotopic (exact) mass is 1630 g/mol. The van der Waals surface area contributed by atoms with E-state index >= 15 is 0 Å². The van der Waals surface area contributed by atoms with E-state index < -0.39 is 16.7 Å². The van der Waals surface area contributed by atoms with Crippen LogP contribution in [0.4, 0.5) is 79.2 Å². The van der Waals surface area contributed by atoms with Gasteiger partial charge in [-0.1, -0.05) is 160 Å². The van der Waals surface area contributed by atoms with Gasteiger partial charge in [0.25, 0.3) is 28.3 Å². The van der Waals surface area contributed by atoms with E-state index in [9.17, 15) is 14.4 Å². The number of thioether (sulfide) groups is 1. The zero-order valence-corrected chi connectivity index (χ0v) is 65.0. The van der Waals surface area contributed by atoms with E-state index in [0.717, 1.165) is 15.7 Å². The number of pyridine rings is 1. The average molecular weight is 1630 g/mol. The Hall–Kier alpha value is -15.3. The zero-order chi connectivity index (χ0) is 81.3. The first-order valence-electron chi connectivity index (χ1n) is 33.2. The molecule has 45 heteroatoms. The lowest BCUT2D eigenvalue weighted by atomic mass is 9.91. The van der Waals surface area contributed by atoms with Gasteiger partial charge in [-0.3, -0.25) is 29.6 Å². The molecule has 0 aliphatic rings. The molecule has 0 unspecified atom stereocenters. The van der Waals surface area contributed by atoms with E-state index in [1.54, 1.807) is 107 Å². The van der Waals surface area contributed by atoms with Crippen molar-refractivity contribution < 1.29 is 0 Å². The molecule has 4 aromatic carbocycles. The van der Waals surface area contributed by atoms with Crippen LogP contribution < -0.4 is 16.7 Å². The molecule has 0 spiro atoms. The summed E-state index contributed by atoms with van der Waals surface area (Å²) in [6.45, 7) is 42.5. The Morgan fingerprint density at radius 3 is 1.49 bits per heavy atom. The van der Waals surface area contributed by atoms with Crippen LogP contribution in [0.15, 0.2) is 228 Å². The molecule has 0 radical (unpaired) electrons. The Kier molecular flexibility index (Phi) is 24.8. The van der Waals surface area contributed by atoms with E-state index in [2.05, 4.69) is 177 Å². The topological polar surface area (TPSA) is 454 Å². The number of hydrogen-bond donors (Lipinski definition) is 5. The summed E-state index contributed by atoms with van der Waals surface area (Å²) < 4.78 is 13.2. The molecule has 5 N–H and O–H groups in total. The van der Waals surface area contributed by atoms with Crippen molar-refractivity contribution in [2.45, 2.75) is 58.2 Å². The molecular formula is C70H55Cl2N37O3S3. The highest BCUT2D eigenvalue weighted by Gasteiger charge is 2.27. The second-order valence-corrected chi connectivity index (χ2v) is 27.5. The van der Waals surface area contributed by atoms with E-state index in [4.69, 9.17) is 49.5 Å². The van der Waals surface area contributed by atoms with Crippen molar-refractivity contribution in [2.24, 2.45) is 51.1 Å². The minimum atomic E-state index is -0.513. The van der Waals surface area contributed by atoms with Crippen LogP contribution in [0.2, 0.25) is 10.2 Å². The number of fused-ring (bicyclic) bond motifs is 2. The van der Waals surface area contributed by atoms with E-state index in [0.29, 0.717) is 78.8 Å². The number of halogens is 2. The van der Waals surface area contributed by atoms with Crippen molar-refractivity contribution in [3.8, 4) is 22.7 Å². The zero-order valence-electron chi connectivity index (χ0n) is 61.0. The van der Waals surface area contributed by atoms with Crippen molar-refractivity contribution in [1.29, 1.82) is 0 Å². The summed E-state index contributed by atoms with van der Waals surface area (Å²) in [6.07, 6.45) is 7.67. The molecule has 0 amide bonds. The SMILES string of the molecule is Cc1nc2c(N=Nc3ncnc(Cl)c3Cl)c(C(C)(C)C)[nH]n2n1.Cc1nsc(N=Nc2c(C)[nH]n3nc(C)nc23)n1.[C-]#[N+]c1[nH]n(-c2ccccc2)c(=O)c1N=Nc1cccnc1.[C-]#[N+]c1[nH]n(-c2ccccc2)c(=O)c1N=Nc1nnc(SC)s1.[C-]#[N+]c1cnn(-c2ccccc2)c1N=Nc1c([N+]#[C-])[nH]n(-c2ccccc2)c1=O. The molecule has 0 saturated carbocycles. The number of rotatable bonds is 15. The van der Waals surface area contributed by atoms with Gasteiger partial charge in [0, 0.05) is 23.1 Å². The summed E-state index contributed by atoms with van der Waals surface area (Å²) in [6, 6.07) is 39.3. The molecule has 115 heavy (non-hydrogen) atoms. The van der Waals surface area contributed by atoms with Gasteiger partial charge in [0.1, 0.15) is 34.5 Å². The van der Waals surface area contributed by atoms with Gasteiger partial charge >= 0.3 is 16.7 Å². The summed E-state index contributed by atoms with van der Waals surface area (Å²) in [5.41, 5.74) is 5.61. The van der Waals surface area contributed by atoms with Crippen LogP contribution in [-0.2, 0) is 5.41 Å². The van der Waals surface area contributed by atoms with Crippen molar-refractivity contribution in [1.82, 2.24) is 113 Å². The largest absolute Gasteiger partial charge is 0.360 e. The molecule has 570 valence electrons. The number of azo groups is 5. The highest BCUT2D eigenvalue weighted by molar-refractivity contribution is 8.00. The number of hydrogen-bond acceptors (Lipinski definition) is 28. The molecule has 0 saturated heterocycles. The first-order chi connectivity index (χ1) is 55.6. The Morgan fingerprint density at radius 1 is 0.504 bits per heavy atom. The number of nitrogens with zero attached hydrogens (tertiary/aromatic N) is 32. The van der Waals surface area contributed by atoms with Crippen LogP contribution in [0.5, 0.6) is 0 Å². The minimum Gasteiger partial charge on any atom is -0.360 e. The smallest absolute Gasteiger partial charge is 0.303 e. The van der Waals surface area contributed by atoms with Crippen LogP contribution in [0, 0.1) is 54.0 Å². The summed E-state index contributed by atoms with van der Waals surface area (Å²) in [5.74, 6) is 2.41. The summed E-state index contributed by atoms with van der Waals surface area (Å²) >= 11 is 15.8. The molecule has 0 atom stereocenters. The second-order valence-electron chi connectivity index (χ2n) is 24.1. The van der Waals surface area contributed by atoms with Crippen LogP contribution >= 0.6 is 57.8 Å². The predicted molar refractivity (Wildman–Crippen MR) is 429 cm³/mol. The standard InChI is InChI=1S/C20H12N8O.C15H10N6O.C13H14Cl2N8.C13H9N7OS2.C9H10N8S/c1-21-16-13-23-27(14-9-5-3-6-10-14)19(16)25-24-17-18(22-2)26-28(20(17)29)15-11-7-4-8-12-15;1-16-14-13(19-18-11-6-5-9-17-10-11)15(22)21(20-14)12-7-3-2-4-8-12;1-6-18-12-8(9(13(2,3)4)22-23(12)21-6)19-20-11-7(14)10(15)16-5-17-11;1-14-10-9(15-16-12-17-18-13(22-2)23-12)11(21)20(19-10)8-6-4-3-5-7-8;1-4-7(8-10-5(2)15-17(8)14-4)12-13-9-11-6(3)16-18-9/h3-13,26H;2-10,20H;5,22H,1-4H3;3-7,19H,2H3;14H,1-3H3. The summed E-state index contributed by atoms with van der Waals surface area (Å²) in [7, 11) is 0. The van der Waals surface area contributed by atoms with Crippen LogP contribution in [0.1, 0.15) is 49.6 Å². The molecule has 16 rings (SSSR count). The third-order valence-corrected chi connectivity index (χ3v) is 18.3. The number of H-pyrrole nitrogens is 5. The molecular weight excluding hydrogens is 1570 g/mol. The van der Waals surface area contributed by atoms with Crippen molar-refractivity contribution in [3.63, 3.8) is 0 Å². The molecule has 0 bridgehead atoms. The maximum atomic E-state index is 12.8. The van der Waals surface area contributed by atoms with Gasteiger partial charge in [-0.05, 0) is 94.6 Å². The molecule has 16 aromatic rings. The molecule has 0 aliphatic carbocycles. The van der Waals surface area contributed by atoms with Gasteiger partial charge in [0.05, 0.1) is 53.1 Å². The Morgan fingerprint density at radius 2 is 1.00 bits per heavy atom. The molecule has 0 fully saturated rings. The van der Waals surface area contributed by atoms with Gasteiger partial charge in [0.2, 0.25) is 16.4 Å². The molecule has 40 nitrogen and oxygen atoms in total. The maximum absolute atomic E-state index is 12.8. The number of aryl methyl sites for hydroxylation is 4. The number of aromatic amines is 5. The minimum absolute atomic E-state index is 0.0252. The Bertz CT molecular complexity index is 6680. The Labute approximate surface area is 670 Å². The van der Waals surface area contributed by atoms with Crippen LogP contribution in [-0.4, -0.2) is 120 Å². The van der Waals surface area contributed by atoms with Gasteiger partial charge in [0.15, 0.2) is 49.6 Å². The lowest BCUT2D eigenvalue weighted by molar-refractivity contribution is 0.557. The predicted octanol–water partition coefficient (Wildman–Crippen LogP) is 18.5. The van der Waals surface area contributed by atoms with E-state index in [1.807, 2.05) is 75.6 Å². The average Bonchev–Trinajstić information content (AvgIpc) is 1.62. The van der Waals surface area contributed by atoms with Crippen LogP contribution in [0.25, 0.3) is 53.4 Å². The van der Waals surface area contributed by atoms with Crippen molar-refractivity contribution >= 4 is 148 Å². The quantitative estimate of drug-likeness (QED) is 0.0275. The normalized spacial score (nSPS) is 11.3.